The van der Waals surface area contributed by atoms with Crippen molar-refractivity contribution in [3.8, 4) is 17.3 Å². The summed E-state index contributed by atoms with van der Waals surface area (Å²) in [5.41, 5.74) is 1.76. The highest BCUT2D eigenvalue weighted by Gasteiger charge is 2.19. The van der Waals surface area contributed by atoms with Crippen molar-refractivity contribution in [3.05, 3.63) is 35.4 Å². The van der Waals surface area contributed by atoms with Crippen LogP contribution in [-0.4, -0.2) is 24.4 Å². The van der Waals surface area contributed by atoms with Gasteiger partial charge in [-0.3, -0.25) is 4.68 Å². The molecular weight excluding hydrogens is 278 g/mol. The summed E-state index contributed by atoms with van der Waals surface area (Å²) >= 11 is 0. The highest BCUT2D eigenvalue weighted by atomic mass is 19.3. The first kappa shape index (κ1) is 13.2. The van der Waals surface area contributed by atoms with Gasteiger partial charge in [0.05, 0.1) is 18.1 Å². The number of halogens is 2. The van der Waals surface area contributed by atoms with Crippen LogP contribution in [-0.2, 0) is 7.05 Å². The summed E-state index contributed by atoms with van der Waals surface area (Å²) in [5, 5.41) is 16.9. The second-order valence-corrected chi connectivity index (χ2v) is 4.54. The first-order valence-corrected chi connectivity index (χ1v) is 6.09. The van der Waals surface area contributed by atoms with Crippen molar-refractivity contribution in [1.29, 1.82) is 5.26 Å². The van der Waals surface area contributed by atoms with E-state index in [9.17, 15) is 8.78 Å². The molecular formula is C13H10F2N6. The van der Waals surface area contributed by atoms with Crippen LogP contribution in [0.2, 0.25) is 0 Å². The van der Waals surface area contributed by atoms with Gasteiger partial charge in [-0.25, -0.2) is 18.3 Å². The summed E-state index contributed by atoms with van der Waals surface area (Å²) in [5.74, 6) is 0. The van der Waals surface area contributed by atoms with E-state index in [0.29, 0.717) is 11.3 Å². The Labute approximate surface area is 118 Å². The molecule has 0 spiro atoms. The second kappa shape index (κ2) is 4.63. The summed E-state index contributed by atoms with van der Waals surface area (Å²) in [4.78, 5) is 4.28. The van der Waals surface area contributed by atoms with E-state index in [1.54, 1.807) is 17.9 Å². The fourth-order valence-corrected chi connectivity index (χ4v) is 2.11. The van der Waals surface area contributed by atoms with Gasteiger partial charge in [-0.2, -0.15) is 15.5 Å². The molecule has 0 unspecified atom stereocenters. The molecule has 3 rings (SSSR count). The standard InChI is InChI=1S/C13H10F2N6/c1-7-9(6-17-20(7)2)10-3-11(12(14)15)21-13(19-10)8(4-16)5-18-21/h3,5-6,12H,1-2H3. The van der Waals surface area contributed by atoms with Crippen molar-refractivity contribution < 1.29 is 8.78 Å². The zero-order valence-corrected chi connectivity index (χ0v) is 11.2. The lowest BCUT2D eigenvalue weighted by atomic mass is 10.1. The highest BCUT2D eigenvalue weighted by Crippen LogP contribution is 2.27. The van der Waals surface area contributed by atoms with Gasteiger partial charge in [0.25, 0.3) is 6.43 Å². The lowest BCUT2D eigenvalue weighted by molar-refractivity contribution is 0.143. The molecule has 8 heteroatoms. The van der Waals surface area contributed by atoms with Gasteiger partial charge in [0, 0.05) is 18.3 Å². The number of hydrogen-bond donors (Lipinski definition) is 0. The van der Waals surface area contributed by atoms with Crippen LogP contribution in [0.4, 0.5) is 8.78 Å². The molecule has 0 N–H and O–H groups in total. The number of alkyl halides is 2. The van der Waals surface area contributed by atoms with Crippen LogP contribution >= 0.6 is 0 Å². The predicted octanol–water partition coefficient (Wildman–Crippen LogP) is 2.25. The van der Waals surface area contributed by atoms with Gasteiger partial charge in [0.1, 0.15) is 17.3 Å². The Kier molecular flexibility index (Phi) is 2.90. The van der Waals surface area contributed by atoms with Gasteiger partial charge >= 0.3 is 0 Å². The van der Waals surface area contributed by atoms with Crippen LogP contribution in [0, 0.1) is 18.3 Å². The molecule has 0 aliphatic rings. The van der Waals surface area contributed by atoms with Crippen LogP contribution in [0.5, 0.6) is 0 Å². The first-order valence-electron chi connectivity index (χ1n) is 6.09. The van der Waals surface area contributed by atoms with E-state index in [1.165, 1.54) is 12.3 Å². The molecule has 0 radical (unpaired) electrons. The van der Waals surface area contributed by atoms with Gasteiger partial charge in [0.15, 0.2) is 5.65 Å². The zero-order valence-electron chi connectivity index (χ0n) is 11.2. The summed E-state index contributed by atoms with van der Waals surface area (Å²) in [6, 6.07) is 3.18. The minimum Gasteiger partial charge on any atom is -0.272 e. The third-order valence-electron chi connectivity index (χ3n) is 3.35. The smallest absolute Gasteiger partial charge is 0.272 e. The summed E-state index contributed by atoms with van der Waals surface area (Å²) in [6.45, 7) is 1.82. The van der Waals surface area contributed by atoms with Crippen LogP contribution < -0.4 is 0 Å². The molecule has 0 saturated heterocycles. The number of rotatable bonds is 2. The maximum Gasteiger partial charge on any atom is 0.280 e. The number of nitrogens with zero attached hydrogens (tertiary/aromatic N) is 6. The normalized spacial score (nSPS) is 11.2. The summed E-state index contributed by atoms with van der Waals surface area (Å²) < 4.78 is 29.1. The monoisotopic (exact) mass is 288 g/mol. The van der Waals surface area contributed by atoms with E-state index < -0.39 is 6.43 Å². The SMILES string of the molecule is Cc1c(-c2cc(C(F)F)n3ncc(C#N)c3n2)cnn1C. The quantitative estimate of drug-likeness (QED) is 0.725. The Balaban J connectivity index is 2.34. The third kappa shape index (κ3) is 1.94. The van der Waals surface area contributed by atoms with Gasteiger partial charge in [-0.15, -0.1) is 0 Å². The Morgan fingerprint density at radius 1 is 1.29 bits per heavy atom. The topological polar surface area (TPSA) is 71.8 Å². The number of fused-ring (bicyclic) bond motifs is 1. The maximum atomic E-state index is 13.2. The molecule has 0 saturated carbocycles. The van der Waals surface area contributed by atoms with Gasteiger partial charge in [0.2, 0.25) is 0 Å². The molecule has 0 aliphatic carbocycles. The zero-order chi connectivity index (χ0) is 15.1. The van der Waals surface area contributed by atoms with Crippen molar-refractivity contribution in [2.45, 2.75) is 13.3 Å². The molecule has 3 aromatic heterocycles. The Hall–Kier alpha value is -2.82. The molecule has 0 fully saturated rings. The molecule has 21 heavy (non-hydrogen) atoms. The number of aromatic nitrogens is 5. The third-order valence-corrected chi connectivity index (χ3v) is 3.35. The molecule has 0 bridgehead atoms. The lowest BCUT2D eigenvalue weighted by Crippen LogP contribution is -2.03. The average molecular weight is 288 g/mol. The average Bonchev–Trinajstić information content (AvgIpc) is 3.02. The van der Waals surface area contributed by atoms with Crippen LogP contribution in [0.15, 0.2) is 18.5 Å². The minimum atomic E-state index is -2.72. The van der Waals surface area contributed by atoms with Crippen molar-refractivity contribution in [2.75, 3.05) is 0 Å². The second-order valence-electron chi connectivity index (χ2n) is 4.54. The van der Waals surface area contributed by atoms with Crippen molar-refractivity contribution in [2.24, 2.45) is 7.05 Å². The Morgan fingerprint density at radius 3 is 2.62 bits per heavy atom. The fourth-order valence-electron chi connectivity index (χ4n) is 2.11. The van der Waals surface area contributed by atoms with E-state index in [4.69, 9.17) is 5.26 Å². The molecule has 0 amide bonds. The molecule has 0 aliphatic heterocycles. The van der Waals surface area contributed by atoms with Gasteiger partial charge in [-0.05, 0) is 13.0 Å². The minimum absolute atomic E-state index is 0.119. The first-order chi connectivity index (χ1) is 10.0. The van der Waals surface area contributed by atoms with E-state index >= 15 is 0 Å². The van der Waals surface area contributed by atoms with E-state index in [2.05, 4.69) is 15.2 Å². The fraction of sp³-hybridized carbons (Fsp3) is 0.231. The maximum absolute atomic E-state index is 13.2. The van der Waals surface area contributed by atoms with Crippen molar-refractivity contribution in [3.63, 3.8) is 0 Å². The largest absolute Gasteiger partial charge is 0.280 e. The molecule has 6 nitrogen and oxygen atoms in total. The lowest BCUT2D eigenvalue weighted by Gasteiger charge is -2.07. The summed E-state index contributed by atoms with van der Waals surface area (Å²) in [6.07, 6.45) is 0.0672. The van der Waals surface area contributed by atoms with E-state index in [0.717, 1.165) is 10.2 Å². The number of aryl methyl sites for hydroxylation is 1. The van der Waals surface area contributed by atoms with Crippen LogP contribution in [0.1, 0.15) is 23.4 Å². The van der Waals surface area contributed by atoms with Crippen LogP contribution in [0.25, 0.3) is 16.9 Å². The predicted molar refractivity (Wildman–Crippen MR) is 69.6 cm³/mol. The van der Waals surface area contributed by atoms with Gasteiger partial charge < -0.3 is 0 Å². The highest BCUT2D eigenvalue weighted by molar-refractivity contribution is 5.66. The molecule has 3 heterocycles. The van der Waals surface area contributed by atoms with E-state index in [-0.39, 0.29) is 16.9 Å². The van der Waals surface area contributed by atoms with Crippen molar-refractivity contribution in [1.82, 2.24) is 24.4 Å². The molecule has 0 aromatic carbocycles. The summed E-state index contributed by atoms with van der Waals surface area (Å²) in [7, 11) is 1.75. The van der Waals surface area contributed by atoms with Gasteiger partial charge in [-0.1, -0.05) is 0 Å². The van der Waals surface area contributed by atoms with E-state index in [1.807, 2.05) is 13.0 Å². The Morgan fingerprint density at radius 2 is 2.05 bits per heavy atom. The Bertz CT molecular complexity index is 871. The molecule has 0 atom stereocenters. The number of hydrogen-bond acceptors (Lipinski definition) is 4. The molecule has 3 aromatic rings. The van der Waals surface area contributed by atoms with Crippen LogP contribution in [0.3, 0.4) is 0 Å². The van der Waals surface area contributed by atoms with Crippen molar-refractivity contribution >= 4 is 5.65 Å². The molecule has 106 valence electrons. The number of nitriles is 1.